The molecule has 0 saturated carbocycles. The number of imidazole rings is 2. The fourth-order valence-electron chi connectivity index (χ4n) is 14.5. The van der Waals surface area contributed by atoms with Crippen LogP contribution in [0.4, 0.5) is 34.1 Å². The third kappa shape index (κ3) is 22.7. The Labute approximate surface area is 779 Å². The van der Waals surface area contributed by atoms with E-state index in [-0.39, 0.29) is 97.9 Å². The third-order valence-corrected chi connectivity index (χ3v) is 21.4. The SMILES string of the molecule is C=CCc1c[c-]c(-c2nccn2C)cc1.C=CCc1c[c-]c(-n2cc(-c3ccccc3)cn2)cc1.C=CCc1ccc(-c2cc[c-]c(N3[N-]C(C)c4ccccc43)c2)cc1.C=CSc1ccc2c(c1)C(C)(C)c1cc(N3C=CC(C)[N-]3)[c-]cc1-2.CN1[CH-]N(c2[c-]ccc(-c3ccccc3)c2)c2ccccc21.Cn1ccnc1-c1[c-]cccc1.[Ir].[Ir].[Ir].[Ir]. The van der Waals surface area contributed by atoms with E-state index >= 15 is 0 Å². The molecule has 0 bridgehead atoms. The van der Waals surface area contributed by atoms with E-state index in [0.29, 0.717) is 0 Å². The smallest absolute Gasteiger partial charge is 0.0571 e. The van der Waals surface area contributed by atoms with Crippen LogP contribution in [0, 0.1) is 43.1 Å². The van der Waals surface area contributed by atoms with Gasteiger partial charge in [-0.05, 0) is 106 Å². The Morgan fingerprint density at radius 2 is 1.03 bits per heavy atom. The molecule has 4 aliphatic rings. The summed E-state index contributed by atoms with van der Waals surface area (Å²) in [5, 5.41) is 10.2. The summed E-state index contributed by atoms with van der Waals surface area (Å²) in [6, 6.07) is 110. The maximum Gasteiger partial charge on any atom is 0.0571 e. The number of anilines is 6. The minimum atomic E-state index is -0.0265. The number of aromatic nitrogens is 6. The van der Waals surface area contributed by atoms with Gasteiger partial charge >= 0.3 is 0 Å². The minimum absolute atomic E-state index is 0. The van der Waals surface area contributed by atoms with Gasteiger partial charge in [0, 0.05) is 153 Å². The van der Waals surface area contributed by atoms with Gasteiger partial charge in [-0.25, -0.2) is 0 Å². The predicted molar refractivity (Wildman–Crippen MR) is 491 cm³/mol. The maximum absolute atomic E-state index is 4.79. The molecular formula is C105H93Ir4N12S-9. The molecule has 17 heteroatoms. The molecule has 4 radical (unpaired) electrons. The summed E-state index contributed by atoms with van der Waals surface area (Å²) in [5.41, 5.74) is 36.3. The van der Waals surface area contributed by atoms with Gasteiger partial charge in [-0.1, -0.05) is 221 Å². The molecule has 3 aromatic heterocycles. The molecule has 0 N–H and O–H groups in total. The molecule has 6 heterocycles. The van der Waals surface area contributed by atoms with Crippen LogP contribution in [0.25, 0.3) is 83.8 Å². The summed E-state index contributed by atoms with van der Waals surface area (Å²) in [6.45, 7) is 26.0. The van der Waals surface area contributed by atoms with Crippen molar-refractivity contribution in [2.24, 2.45) is 14.1 Å². The van der Waals surface area contributed by atoms with Crippen molar-refractivity contribution in [1.29, 1.82) is 0 Å². The van der Waals surface area contributed by atoms with Gasteiger partial charge in [-0.15, -0.1) is 149 Å². The van der Waals surface area contributed by atoms with Crippen LogP contribution in [0.2, 0.25) is 0 Å². The van der Waals surface area contributed by atoms with Crippen molar-refractivity contribution in [3.05, 3.63) is 448 Å². The normalized spacial score (nSPS) is 13.6. The Kier molecular flexibility index (Phi) is 34.2. The first-order valence-corrected chi connectivity index (χ1v) is 40.3. The second kappa shape index (κ2) is 44.7. The molecule has 0 saturated heterocycles. The summed E-state index contributed by atoms with van der Waals surface area (Å²) in [4.78, 5) is 14.0. The first-order chi connectivity index (χ1) is 57.6. The average molecular weight is 2320 g/mol. The van der Waals surface area contributed by atoms with Crippen molar-refractivity contribution in [3.63, 3.8) is 0 Å². The zero-order valence-corrected chi connectivity index (χ0v) is 79.4. The van der Waals surface area contributed by atoms with E-state index < -0.39 is 0 Å². The first-order valence-electron chi connectivity index (χ1n) is 39.4. The third-order valence-electron chi connectivity index (χ3n) is 20.7. The van der Waals surface area contributed by atoms with Gasteiger partial charge in [-0.3, -0.25) is 14.6 Å². The molecule has 624 valence electrons. The van der Waals surface area contributed by atoms with Gasteiger partial charge in [-0.2, -0.15) is 84.1 Å². The molecule has 2 unspecified atom stereocenters. The molecule has 0 fully saturated rings. The van der Waals surface area contributed by atoms with E-state index in [4.69, 9.17) is 5.43 Å². The van der Waals surface area contributed by atoms with Crippen LogP contribution in [-0.2, 0) is 119 Å². The Balaban J connectivity index is 0.000000155. The number of allylic oxidation sites excluding steroid dienone is 3. The van der Waals surface area contributed by atoms with Gasteiger partial charge < -0.3 is 39.8 Å². The molecule has 0 spiro atoms. The average Bonchev–Trinajstić information content (AvgIpc) is 1.58. The number of para-hydroxylation sites is 3. The van der Waals surface area contributed by atoms with E-state index in [9.17, 15) is 0 Å². The van der Waals surface area contributed by atoms with Crippen LogP contribution in [0.15, 0.2) is 365 Å². The van der Waals surface area contributed by atoms with Crippen LogP contribution in [-0.4, -0.2) is 42.0 Å². The van der Waals surface area contributed by atoms with Crippen molar-refractivity contribution in [3.8, 4) is 73.0 Å². The van der Waals surface area contributed by atoms with E-state index in [2.05, 4.69) is 316 Å². The van der Waals surface area contributed by atoms with Crippen molar-refractivity contribution in [2.75, 3.05) is 26.9 Å². The maximum atomic E-state index is 4.79. The van der Waals surface area contributed by atoms with Crippen LogP contribution < -0.4 is 19.8 Å². The van der Waals surface area contributed by atoms with E-state index in [1.54, 1.807) is 24.2 Å². The number of fused-ring (bicyclic) bond motifs is 5. The number of benzene rings is 12. The Bertz CT molecular complexity index is 5930. The number of thioether (sulfide) groups is 1. The molecular weight excluding hydrogens is 2230 g/mol. The summed E-state index contributed by atoms with van der Waals surface area (Å²) in [7, 11) is 6.02. The van der Waals surface area contributed by atoms with Crippen LogP contribution >= 0.6 is 11.8 Å². The van der Waals surface area contributed by atoms with Gasteiger partial charge in [0.1, 0.15) is 0 Å². The van der Waals surface area contributed by atoms with E-state index in [1.807, 2.05) is 177 Å². The Hall–Kier alpha value is -11.0. The fraction of sp³-hybridized carbons (Fsp3) is 0.124. The number of rotatable bonds is 17. The summed E-state index contributed by atoms with van der Waals surface area (Å²) >= 11 is 1.67. The number of nitrogens with zero attached hydrogens (tertiary/aromatic N) is 12. The van der Waals surface area contributed by atoms with Crippen molar-refractivity contribution >= 4 is 45.9 Å². The molecule has 19 rings (SSSR count). The fourth-order valence-corrected chi connectivity index (χ4v) is 15.0. The summed E-state index contributed by atoms with van der Waals surface area (Å²) < 4.78 is 5.81. The predicted octanol–water partition coefficient (Wildman–Crippen LogP) is 25.8. The molecule has 2 atom stereocenters. The quantitative estimate of drug-likeness (QED) is 0.0506. The number of hydrogen-bond acceptors (Lipinski definition) is 8. The van der Waals surface area contributed by atoms with Crippen LogP contribution in [0.5, 0.6) is 0 Å². The molecule has 15 aromatic rings. The topological polar surface area (TPSA) is 94.6 Å². The van der Waals surface area contributed by atoms with Gasteiger partial charge in [0.2, 0.25) is 0 Å². The first kappa shape index (κ1) is 93.3. The summed E-state index contributed by atoms with van der Waals surface area (Å²) in [5.74, 6) is 1.90. The van der Waals surface area contributed by atoms with Gasteiger partial charge in [0.25, 0.3) is 0 Å². The second-order valence-electron chi connectivity index (χ2n) is 29.3. The minimum Gasteiger partial charge on any atom is -0.559 e. The van der Waals surface area contributed by atoms with Crippen molar-refractivity contribution in [2.45, 2.75) is 69.4 Å². The summed E-state index contributed by atoms with van der Waals surface area (Å²) in [6.07, 6.45) is 23.8. The largest absolute Gasteiger partial charge is 0.559 e. The van der Waals surface area contributed by atoms with E-state index in [0.717, 1.165) is 76.0 Å². The molecule has 12 aromatic carbocycles. The van der Waals surface area contributed by atoms with Gasteiger partial charge in [0.05, 0.1) is 17.8 Å². The Morgan fingerprint density at radius 3 is 1.62 bits per heavy atom. The van der Waals surface area contributed by atoms with Crippen LogP contribution in [0.3, 0.4) is 0 Å². The molecule has 12 nitrogen and oxygen atoms in total. The van der Waals surface area contributed by atoms with Crippen molar-refractivity contribution < 1.29 is 80.4 Å². The van der Waals surface area contributed by atoms with Crippen molar-refractivity contribution in [1.82, 2.24) is 28.9 Å². The van der Waals surface area contributed by atoms with E-state index in [1.165, 1.54) is 88.6 Å². The zero-order chi connectivity index (χ0) is 81.9. The molecule has 1 aliphatic carbocycles. The number of hydrogen-bond donors (Lipinski definition) is 0. The standard InChI is InChI=1S/C23H20N2.C21H20N2S.C20H16N2.C18H15N2.C13H13N2.C10H9N2.4Ir/c1-3-7-18-12-14-19(15-13-18)20-8-6-9-21(16-20)25-23-11-5-4-10-22(23)17(2)24-25;1-5-24-16-7-9-18-17-8-6-15(23-11-10-14(2)22-23)12-19(17)21(3,4)20(18)13-16;1-21-15-22(20-13-6-5-12-19(20)21)18-11-7-10-17(14-18)16-8-3-2-4-9-16;1-2-6-15-9-11-18(12-10-15)20-14-17(13-19-20)16-7-4-3-5-8-16;1-3-4-11-5-7-12(8-6-11)13-14-9-10-15(13)2;1-12-8-7-11-10(12)9-5-3-2-4-6-9;;;;/h3-6,8,10-17H,1,7H2,2H3;5,7-14H,1H2,2-4H3;2-10,12-15H,1H3;2-5,7-11,13-14H,1,6H2;3,5-7,9-10H,1,4H2,2H3;2-5,7-8H,1H3;;;;/q3*-2;3*-1;;;;. The zero-order valence-electron chi connectivity index (χ0n) is 69.0. The molecule has 0 amide bonds. The molecule has 122 heavy (non-hydrogen) atoms. The van der Waals surface area contributed by atoms with Crippen LogP contribution in [0.1, 0.15) is 67.1 Å². The molecule has 3 aliphatic heterocycles. The van der Waals surface area contributed by atoms with Gasteiger partial charge in [0.15, 0.2) is 0 Å². The Morgan fingerprint density at radius 1 is 0.475 bits per heavy atom. The second-order valence-corrected chi connectivity index (χ2v) is 30.3. The monoisotopic (exact) mass is 2330 g/mol. The number of aryl methyl sites for hydroxylation is 2.